The molecule has 2 heterocycles. The Hall–Kier alpha value is -0.870. The molecule has 4 aliphatic rings. The molecule has 0 radical (unpaired) electrons. The average Bonchev–Trinajstić information content (AvgIpc) is 3.20. The van der Waals surface area contributed by atoms with Crippen molar-refractivity contribution in [1.82, 2.24) is 0 Å². The van der Waals surface area contributed by atoms with E-state index in [2.05, 4.69) is 0 Å². The van der Waals surface area contributed by atoms with Crippen LogP contribution in [0.25, 0.3) is 0 Å². The molecule has 4 atom stereocenters. The van der Waals surface area contributed by atoms with Crippen LogP contribution in [0.15, 0.2) is 11.6 Å². The van der Waals surface area contributed by atoms with Crippen molar-refractivity contribution in [3.05, 3.63) is 11.6 Å². The molecule has 0 bridgehead atoms. The summed E-state index contributed by atoms with van der Waals surface area (Å²) in [6.45, 7) is 0. The molecular weight excluding hydrogens is 232 g/mol. The van der Waals surface area contributed by atoms with Gasteiger partial charge in [0.05, 0.1) is 11.7 Å². The first-order chi connectivity index (χ1) is 8.64. The van der Waals surface area contributed by atoms with E-state index in [9.17, 15) is 4.79 Å². The molecule has 4 heteroatoms. The molecule has 0 aromatic heterocycles. The van der Waals surface area contributed by atoms with E-state index in [1.54, 1.807) is 0 Å². The van der Waals surface area contributed by atoms with Gasteiger partial charge in [-0.1, -0.05) is 12.8 Å². The molecule has 2 aliphatic heterocycles. The highest BCUT2D eigenvalue weighted by Gasteiger charge is 2.67. The minimum Gasteiger partial charge on any atom is -0.478 e. The molecule has 0 spiro atoms. The van der Waals surface area contributed by atoms with E-state index in [1.165, 1.54) is 19.3 Å². The summed E-state index contributed by atoms with van der Waals surface area (Å²) < 4.78 is 11.7. The van der Waals surface area contributed by atoms with E-state index in [4.69, 9.17) is 14.6 Å². The number of aliphatic carboxylic acids is 1. The van der Waals surface area contributed by atoms with Crippen molar-refractivity contribution in [2.45, 2.75) is 68.4 Å². The van der Waals surface area contributed by atoms with Gasteiger partial charge in [0, 0.05) is 12.0 Å². The lowest BCUT2D eigenvalue weighted by Gasteiger charge is -2.23. The first-order valence-electron chi connectivity index (χ1n) is 6.93. The summed E-state index contributed by atoms with van der Waals surface area (Å²) in [5.41, 5.74) is 0.509. The molecule has 18 heavy (non-hydrogen) atoms. The highest BCUT2D eigenvalue weighted by molar-refractivity contribution is 5.87. The lowest BCUT2D eigenvalue weighted by molar-refractivity contribution is -0.132. The third-order valence-electron chi connectivity index (χ3n) is 5.09. The Bertz CT molecular complexity index is 443. The van der Waals surface area contributed by atoms with E-state index in [-0.39, 0.29) is 17.3 Å². The minimum absolute atomic E-state index is 0.0264. The second-order valence-electron chi connectivity index (χ2n) is 6.19. The molecule has 4 nitrogen and oxygen atoms in total. The fourth-order valence-electron chi connectivity index (χ4n) is 3.92. The molecule has 1 saturated carbocycles. The van der Waals surface area contributed by atoms with Crippen LogP contribution >= 0.6 is 0 Å². The van der Waals surface area contributed by atoms with Gasteiger partial charge in [-0.15, -0.1) is 0 Å². The van der Waals surface area contributed by atoms with Gasteiger partial charge in [0.25, 0.3) is 0 Å². The Morgan fingerprint density at radius 3 is 2.94 bits per heavy atom. The predicted octanol–water partition coefficient (Wildman–Crippen LogP) is 2.03. The van der Waals surface area contributed by atoms with Crippen LogP contribution < -0.4 is 0 Å². The molecule has 1 N–H and O–H groups in total. The maximum Gasteiger partial charge on any atom is 0.331 e. The number of hydrogen-bond acceptors (Lipinski definition) is 3. The van der Waals surface area contributed by atoms with Gasteiger partial charge in [0.15, 0.2) is 0 Å². The van der Waals surface area contributed by atoms with Gasteiger partial charge in [-0.2, -0.15) is 0 Å². The molecule has 0 aromatic rings. The van der Waals surface area contributed by atoms with E-state index in [0.29, 0.717) is 18.1 Å². The zero-order valence-corrected chi connectivity index (χ0v) is 10.4. The summed E-state index contributed by atoms with van der Waals surface area (Å²) in [4.78, 5) is 10.9. The van der Waals surface area contributed by atoms with Crippen LogP contribution in [-0.4, -0.2) is 34.5 Å². The third-order valence-corrected chi connectivity index (χ3v) is 5.09. The maximum absolute atomic E-state index is 10.9. The van der Waals surface area contributed by atoms with Crippen LogP contribution in [0.2, 0.25) is 0 Å². The normalized spacial score (nSPS) is 48.8. The van der Waals surface area contributed by atoms with Crippen molar-refractivity contribution in [3.63, 3.8) is 0 Å². The number of epoxide rings is 2. The molecule has 2 saturated heterocycles. The zero-order valence-electron chi connectivity index (χ0n) is 10.4. The van der Waals surface area contributed by atoms with Gasteiger partial charge in [-0.25, -0.2) is 4.79 Å². The molecular formula is C14H18O4. The average molecular weight is 250 g/mol. The van der Waals surface area contributed by atoms with E-state index < -0.39 is 5.97 Å². The summed E-state index contributed by atoms with van der Waals surface area (Å²) in [6.07, 6.45) is 9.62. The van der Waals surface area contributed by atoms with Crippen LogP contribution in [0, 0.1) is 0 Å². The molecule has 4 unspecified atom stereocenters. The van der Waals surface area contributed by atoms with E-state index in [1.807, 2.05) is 6.08 Å². The Morgan fingerprint density at radius 2 is 2.22 bits per heavy atom. The standard InChI is InChI=1S/C14H18O4/c15-12(16)9-4-6-14(11(7-9)18-14)8-13-5-2-1-3-10(13)17-13/h7,10-11H,1-6,8H2,(H,15,16). The Morgan fingerprint density at radius 1 is 1.33 bits per heavy atom. The summed E-state index contributed by atoms with van der Waals surface area (Å²) in [6, 6.07) is 0. The van der Waals surface area contributed by atoms with Crippen molar-refractivity contribution in [2.24, 2.45) is 0 Å². The van der Waals surface area contributed by atoms with Gasteiger partial charge in [-0.3, -0.25) is 0 Å². The van der Waals surface area contributed by atoms with Crippen LogP contribution in [0.3, 0.4) is 0 Å². The maximum atomic E-state index is 10.9. The highest BCUT2D eigenvalue weighted by atomic mass is 16.6. The van der Waals surface area contributed by atoms with Crippen molar-refractivity contribution in [1.29, 1.82) is 0 Å². The Balaban J connectivity index is 1.48. The van der Waals surface area contributed by atoms with Crippen LogP contribution in [0.1, 0.15) is 44.9 Å². The summed E-state index contributed by atoms with van der Waals surface area (Å²) in [7, 11) is 0. The molecule has 4 rings (SSSR count). The van der Waals surface area contributed by atoms with Crippen LogP contribution in [0.5, 0.6) is 0 Å². The Labute approximate surface area is 106 Å². The fraction of sp³-hybridized carbons (Fsp3) is 0.786. The van der Waals surface area contributed by atoms with Crippen molar-refractivity contribution in [2.75, 3.05) is 0 Å². The lowest BCUT2D eigenvalue weighted by Crippen LogP contribution is -2.31. The second kappa shape index (κ2) is 3.36. The minimum atomic E-state index is -0.796. The number of carboxylic acids is 1. The number of hydrogen-bond donors (Lipinski definition) is 1. The van der Waals surface area contributed by atoms with Crippen molar-refractivity contribution in [3.8, 4) is 0 Å². The van der Waals surface area contributed by atoms with Gasteiger partial charge in [0.1, 0.15) is 11.7 Å². The summed E-state index contributed by atoms with van der Waals surface area (Å²) in [5, 5.41) is 8.99. The van der Waals surface area contributed by atoms with Crippen molar-refractivity contribution >= 4 is 5.97 Å². The number of fused-ring (bicyclic) bond motifs is 2. The van der Waals surface area contributed by atoms with E-state index in [0.717, 1.165) is 19.3 Å². The molecule has 98 valence electrons. The van der Waals surface area contributed by atoms with Gasteiger partial charge >= 0.3 is 5.97 Å². The molecule has 0 aromatic carbocycles. The number of ether oxygens (including phenoxy) is 2. The lowest BCUT2D eigenvalue weighted by atomic mass is 9.77. The summed E-state index contributed by atoms with van der Waals surface area (Å²) in [5.74, 6) is -0.796. The first-order valence-corrected chi connectivity index (χ1v) is 6.93. The topological polar surface area (TPSA) is 62.4 Å². The number of carbonyl (C=O) groups is 1. The third kappa shape index (κ3) is 1.48. The monoisotopic (exact) mass is 250 g/mol. The first kappa shape index (κ1) is 11.0. The second-order valence-corrected chi connectivity index (χ2v) is 6.19. The summed E-state index contributed by atoms with van der Waals surface area (Å²) >= 11 is 0. The highest BCUT2D eigenvalue weighted by Crippen LogP contribution is 2.59. The van der Waals surface area contributed by atoms with Crippen LogP contribution in [0.4, 0.5) is 0 Å². The number of carboxylic acid groups (broad SMARTS) is 1. The van der Waals surface area contributed by atoms with Crippen molar-refractivity contribution < 1.29 is 19.4 Å². The van der Waals surface area contributed by atoms with Gasteiger partial charge in [-0.05, 0) is 31.8 Å². The molecule has 0 amide bonds. The zero-order chi connectivity index (χ0) is 12.4. The quantitative estimate of drug-likeness (QED) is 0.778. The predicted molar refractivity (Wildman–Crippen MR) is 63.2 cm³/mol. The largest absolute Gasteiger partial charge is 0.478 e. The Kier molecular flexibility index (Phi) is 2.06. The van der Waals surface area contributed by atoms with Gasteiger partial charge in [0.2, 0.25) is 0 Å². The fourth-order valence-corrected chi connectivity index (χ4v) is 3.92. The SMILES string of the molecule is O=C(O)C1=CC2OC2(CC23CCCCC2O3)CC1. The van der Waals surface area contributed by atoms with E-state index >= 15 is 0 Å². The van der Waals surface area contributed by atoms with Crippen LogP contribution in [-0.2, 0) is 14.3 Å². The smallest absolute Gasteiger partial charge is 0.331 e. The van der Waals surface area contributed by atoms with Gasteiger partial charge < -0.3 is 14.6 Å². The molecule has 2 aliphatic carbocycles. The number of rotatable bonds is 3. The molecule has 3 fully saturated rings.